The van der Waals surface area contributed by atoms with Gasteiger partial charge in [-0.1, -0.05) is 42.1 Å². The van der Waals surface area contributed by atoms with Gasteiger partial charge < -0.3 is 10.1 Å². The van der Waals surface area contributed by atoms with E-state index in [0.717, 1.165) is 31.2 Å². The number of amides is 1. The Morgan fingerprint density at radius 2 is 2.00 bits per heavy atom. The van der Waals surface area contributed by atoms with Crippen LogP contribution in [0, 0.1) is 0 Å². The number of halogens is 2. The number of nitrogens with one attached hydrogen (secondary N) is 1. The molecule has 0 radical (unpaired) electrons. The number of hydrogen-bond acceptors (Lipinski definition) is 4. The fourth-order valence-electron chi connectivity index (χ4n) is 3.91. The molecule has 1 N–H and O–H groups in total. The van der Waals surface area contributed by atoms with Gasteiger partial charge in [0.25, 0.3) is 0 Å². The summed E-state index contributed by atoms with van der Waals surface area (Å²) in [5.74, 6) is -0.0709. The van der Waals surface area contributed by atoms with Gasteiger partial charge in [0.15, 0.2) is 0 Å². The summed E-state index contributed by atoms with van der Waals surface area (Å²) in [5.41, 5.74) is 0.244. The minimum absolute atomic E-state index is 0.0709. The molecule has 1 heterocycles. The van der Waals surface area contributed by atoms with E-state index in [0.29, 0.717) is 23.2 Å². The normalized spacial score (nSPS) is 23.3. The maximum Gasteiger partial charge on any atom is 0.230 e. The topological polar surface area (TPSA) is 75.7 Å². The summed E-state index contributed by atoms with van der Waals surface area (Å²) < 4.78 is 30.5. The van der Waals surface area contributed by atoms with E-state index in [9.17, 15) is 13.2 Å². The van der Waals surface area contributed by atoms with Gasteiger partial charge in [-0.25, -0.2) is 8.42 Å². The third-order valence-electron chi connectivity index (χ3n) is 5.42. The third-order valence-corrected chi connectivity index (χ3v) is 7.43. The maximum absolute atomic E-state index is 13.1. The van der Waals surface area contributed by atoms with Crippen LogP contribution in [0.4, 0.5) is 0 Å². The molecule has 150 valence electrons. The first-order valence-corrected chi connectivity index (χ1v) is 11.6. The minimum atomic E-state index is -3.26. The van der Waals surface area contributed by atoms with Crippen molar-refractivity contribution in [3.63, 3.8) is 0 Å². The Morgan fingerprint density at radius 1 is 1.30 bits per heavy atom. The number of sulfonamides is 1. The van der Waals surface area contributed by atoms with Crippen molar-refractivity contribution in [3.05, 3.63) is 33.8 Å². The second-order valence-corrected chi connectivity index (χ2v) is 10.0. The summed E-state index contributed by atoms with van der Waals surface area (Å²) in [7, 11) is -3.26. The first kappa shape index (κ1) is 20.9. The lowest BCUT2D eigenvalue weighted by atomic mass is 9.78. The van der Waals surface area contributed by atoms with Gasteiger partial charge in [0.2, 0.25) is 15.9 Å². The number of rotatable bonds is 5. The first-order chi connectivity index (χ1) is 12.7. The quantitative estimate of drug-likeness (QED) is 0.772. The molecule has 6 nitrogen and oxygen atoms in total. The molecule has 1 aliphatic carbocycles. The fourth-order valence-corrected chi connectivity index (χ4v) is 5.05. The van der Waals surface area contributed by atoms with Crippen LogP contribution < -0.4 is 5.32 Å². The van der Waals surface area contributed by atoms with Crippen LogP contribution in [-0.2, 0) is 25.0 Å². The summed E-state index contributed by atoms with van der Waals surface area (Å²) in [5, 5.41) is 3.88. The molecule has 1 amide bonds. The Morgan fingerprint density at radius 3 is 2.63 bits per heavy atom. The molecule has 2 fully saturated rings. The summed E-state index contributed by atoms with van der Waals surface area (Å²) in [6, 6.07) is 5.36. The zero-order valence-electron chi connectivity index (χ0n) is 15.2. The zero-order chi connectivity index (χ0) is 19.7. The van der Waals surface area contributed by atoms with Gasteiger partial charge in [0, 0.05) is 19.6 Å². The lowest BCUT2D eigenvalue weighted by molar-refractivity contribution is -0.127. The van der Waals surface area contributed by atoms with Gasteiger partial charge in [-0.05, 0) is 30.5 Å². The molecule has 1 saturated carbocycles. The molecule has 3 rings (SSSR count). The van der Waals surface area contributed by atoms with E-state index in [1.54, 1.807) is 12.1 Å². The fraction of sp³-hybridized carbons (Fsp3) is 0.611. The van der Waals surface area contributed by atoms with Crippen LogP contribution >= 0.6 is 23.2 Å². The molecule has 1 aliphatic heterocycles. The van der Waals surface area contributed by atoms with Crippen molar-refractivity contribution in [2.24, 2.45) is 0 Å². The number of benzene rings is 1. The molecule has 2 aliphatic rings. The second kappa shape index (κ2) is 8.25. The molecule has 1 saturated heterocycles. The Bertz CT molecular complexity index is 810. The van der Waals surface area contributed by atoms with Gasteiger partial charge in [-0.15, -0.1) is 0 Å². The number of hydrogen-bond donors (Lipinski definition) is 1. The van der Waals surface area contributed by atoms with E-state index >= 15 is 0 Å². The van der Waals surface area contributed by atoms with E-state index in [1.807, 2.05) is 6.07 Å². The highest BCUT2D eigenvalue weighted by atomic mass is 35.5. The maximum atomic E-state index is 13.1. The van der Waals surface area contributed by atoms with Crippen LogP contribution in [0.5, 0.6) is 0 Å². The van der Waals surface area contributed by atoms with E-state index < -0.39 is 15.4 Å². The predicted molar refractivity (Wildman–Crippen MR) is 106 cm³/mol. The van der Waals surface area contributed by atoms with Crippen molar-refractivity contribution in [1.29, 1.82) is 0 Å². The number of carbonyl (C=O) groups is 1. The lowest BCUT2D eigenvalue weighted by Gasteiger charge is -2.33. The van der Waals surface area contributed by atoms with Gasteiger partial charge in [0.1, 0.15) is 0 Å². The van der Waals surface area contributed by atoms with E-state index in [-0.39, 0.29) is 25.1 Å². The molecule has 0 aromatic heterocycles. The Labute approximate surface area is 170 Å². The van der Waals surface area contributed by atoms with Gasteiger partial charge in [-0.3, -0.25) is 4.79 Å². The van der Waals surface area contributed by atoms with Crippen molar-refractivity contribution in [1.82, 2.24) is 9.62 Å². The van der Waals surface area contributed by atoms with Crippen LogP contribution in [0.2, 0.25) is 10.0 Å². The summed E-state index contributed by atoms with van der Waals surface area (Å²) in [6.07, 6.45) is 4.26. The number of nitrogens with zero attached hydrogens (tertiary/aromatic N) is 1. The van der Waals surface area contributed by atoms with E-state index in [1.165, 1.54) is 10.6 Å². The van der Waals surface area contributed by atoms with Crippen molar-refractivity contribution < 1.29 is 17.9 Å². The average molecular weight is 435 g/mol. The minimum Gasteiger partial charge on any atom is -0.374 e. The van der Waals surface area contributed by atoms with Crippen LogP contribution in [0.1, 0.15) is 31.2 Å². The highest BCUT2D eigenvalue weighted by Crippen LogP contribution is 2.43. The van der Waals surface area contributed by atoms with Crippen molar-refractivity contribution in [2.45, 2.75) is 37.2 Å². The molecule has 1 aromatic rings. The molecular formula is C18H24Cl2N2O4S. The van der Waals surface area contributed by atoms with Crippen LogP contribution in [0.3, 0.4) is 0 Å². The number of ether oxygens (including phenoxy) is 1. The first-order valence-electron chi connectivity index (χ1n) is 9.03. The summed E-state index contributed by atoms with van der Waals surface area (Å²) in [4.78, 5) is 13.1. The smallest absolute Gasteiger partial charge is 0.230 e. The Kier molecular flexibility index (Phi) is 6.37. The van der Waals surface area contributed by atoms with Gasteiger partial charge in [0.05, 0.1) is 34.4 Å². The molecule has 27 heavy (non-hydrogen) atoms. The Hall–Kier alpha value is -0.860. The van der Waals surface area contributed by atoms with Crippen molar-refractivity contribution in [3.8, 4) is 0 Å². The van der Waals surface area contributed by atoms with Crippen molar-refractivity contribution in [2.75, 3.05) is 32.5 Å². The monoisotopic (exact) mass is 434 g/mol. The zero-order valence-corrected chi connectivity index (χ0v) is 17.5. The molecular weight excluding hydrogens is 411 g/mol. The number of morpholine rings is 1. The lowest BCUT2D eigenvalue weighted by Crippen LogP contribution is -2.51. The Balaban J connectivity index is 1.70. The van der Waals surface area contributed by atoms with Gasteiger partial charge in [-0.2, -0.15) is 4.31 Å². The predicted octanol–water partition coefficient (Wildman–Crippen LogP) is 2.58. The average Bonchev–Trinajstić information content (AvgIpc) is 3.12. The third kappa shape index (κ3) is 4.59. The van der Waals surface area contributed by atoms with Crippen LogP contribution in [0.15, 0.2) is 18.2 Å². The highest BCUT2D eigenvalue weighted by Gasteiger charge is 2.43. The van der Waals surface area contributed by atoms with E-state index in [2.05, 4.69) is 5.32 Å². The molecule has 0 spiro atoms. The molecule has 1 unspecified atom stereocenters. The molecule has 1 aromatic carbocycles. The second-order valence-electron chi connectivity index (χ2n) is 7.24. The summed E-state index contributed by atoms with van der Waals surface area (Å²) >= 11 is 12.2. The molecule has 1 atom stereocenters. The largest absolute Gasteiger partial charge is 0.374 e. The molecule has 0 bridgehead atoms. The van der Waals surface area contributed by atoms with Crippen molar-refractivity contribution >= 4 is 39.1 Å². The highest BCUT2D eigenvalue weighted by molar-refractivity contribution is 7.88. The SMILES string of the molecule is CS(=O)(=O)N1CCOC(CNC(=O)C2(c3ccc(Cl)c(Cl)c3)CCCC2)C1. The van der Waals surface area contributed by atoms with Gasteiger partial charge >= 0.3 is 0 Å². The van der Waals surface area contributed by atoms with E-state index in [4.69, 9.17) is 27.9 Å². The summed E-state index contributed by atoms with van der Waals surface area (Å²) in [6.45, 7) is 1.19. The van der Waals surface area contributed by atoms with Crippen LogP contribution in [0.25, 0.3) is 0 Å². The molecule has 9 heteroatoms. The standard InChI is InChI=1S/C18H24Cl2N2O4S/c1-27(24,25)22-8-9-26-14(12-22)11-21-17(23)18(6-2-3-7-18)13-4-5-15(19)16(20)10-13/h4-5,10,14H,2-3,6-9,11-12H2,1H3,(H,21,23). The number of carbonyl (C=O) groups excluding carboxylic acids is 1. The van der Waals surface area contributed by atoms with Crippen LogP contribution in [-0.4, -0.2) is 57.2 Å².